The van der Waals surface area contributed by atoms with Crippen LogP contribution in [0.1, 0.15) is 6.42 Å². The standard InChI is InChI=1S/C7H8O3/c8-6-3-1-2-5(4-6)7(9)10/h1-3,6,8H,4H2,(H,9,10). The first-order chi connectivity index (χ1) is 4.70. The topological polar surface area (TPSA) is 57.5 Å². The van der Waals surface area contributed by atoms with E-state index in [2.05, 4.69) is 0 Å². The van der Waals surface area contributed by atoms with Crippen molar-refractivity contribution >= 4 is 5.97 Å². The smallest absolute Gasteiger partial charge is 0.331 e. The van der Waals surface area contributed by atoms with Crippen molar-refractivity contribution < 1.29 is 15.0 Å². The number of carboxylic acid groups (broad SMARTS) is 1. The molecule has 0 aromatic heterocycles. The lowest BCUT2D eigenvalue weighted by Gasteiger charge is -2.08. The first kappa shape index (κ1) is 7.02. The van der Waals surface area contributed by atoms with Crippen molar-refractivity contribution in [1.82, 2.24) is 0 Å². The Morgan fingerprint density at radius 2 is 2.40 bits per heavy atom. The maximum absolute atomic E-state index is 10.3. The van der Waals surface area contributed by atoms with Crippen molar-refractivity contribution in [3.63, 3.8) is 0 Å². The largest absolute Gasteiger partial charge is 0.478 e. The molecule has 2 N–H and O–H groups in total. The maximum Gasteiger partial charge on any atom is 0.331 e. The molecule has 3 nitrogen and oxygen atoms in total. The molecular weight excluding hydrogens is 132 g/mol. The van der Waals surface area contributed by atoms with Gasteiger partial charge in [0.15, 0.2) is 0 Å². The number of rotatable bonds is 1. The molecular formula is C7H8O3. The Morgan fingerprint density at radius 1 is 1.70 bits per heavy atom. The van der Waals surface area contributed by atoms with E-state index < -0.39 is 12.1 Å². The van der Waals surface area contributed by atoms with Crippen molar-refractivity contribution in [2.45, 2.75) is 12.5 Å². The number of hydrogen-bond acceptors (Lipinski definition) is 2. The minimum Gasteiger partial charge on any atom is -0.478 e. The Morgan fingerprint density at radius 3 is 2.80 bits per heavy atom. The molecule has 1 aliphatic carbocycles. The van der Waals surface area contributed by atoms with Crippen LogP contribution >= 0.6 is 0 Å². The molecule has 1 unspecified atom stereocenters. The SMILES string of the molecule is O=C(O)C1=CC=CC(O)C1. The van der Waals surface area contributed by atoms with Crippen molar-refractivity contribution in [3.8, 4) is 0 Å². The number of carboxylic acids is 1. The van der Waals surface area contributed by atoms with E-state index in [1.54, 1.807) is 12.2 Å². The quantitative estimate of drug-likeness (QED) is 0.551. The summed E-state index contributed by atoms with van der Waals surface area (Å²) in [5.41, 5.74) is 0.259. The normalized spacial score (nSPS) is 24.1. The summed E-state index contributed by atoms with van der Waals surface area (Å²) in [6, 6.07) is 0. The van der Waals surface area contributed by atoms with Crippen LogP contribution in [0.2, 0.25) is 0 Å². The number of aliphatic carboxylic acids is 1. The Bertz CT molecular complexity index is 203. The van der Waals surface area contributed by atoms with Crippen LogP contribution in [0.15, 0.2) is 23.8 Å². The molecule has 0 fully saturated rings. The van der Waals surface area contributed by atoms with Crippen LogP contribution in [0.5, 0.6) is 0 Å². The van der Waals surface area contributed by atoms with Gasteiger partial charge in [0.05, 0.1) is 6.10 Å². The molecule has 54 valence electrons. The average molecular weight is 140 g/mol. The van der Waals surface area contributed by atoms with E-state index in [4.69, 9.17) is 10.2 Å². The zero-order valence-corrected chi connectivity index (χ0v) is 5.32. The van der Waals surface area contributed by atoms with Crippen LogP contribution in [0.25, 0.3) is 0 Å². The lowest BCUT2D eigenvalue weighted by Crippen LogP contribution is -2.12. The van der Waals surface area contributed by atoms with E-state index >= 15 is 0 Å². The van der Waals surface area contributed by atoms with E-state index in [9.17, 15) is 4.79 Å². The van der Waals surface area contributed by atoms with Crippen LogP contribution in [0.3, 0.4) is 0 Å². The second-order valence-electron chi connectivity index (χ2n) is 2.15. The minimum atomic E-state index is -0.955. The molecule has 0 amide bonds. The monoisotopic (exact) mass is 140 g/mol. The van der Waals surface area contributed by atoms with Gasteiger partial charge < -0.3 is 10.2 Å². The number of aliphatic hydroxyl groups is 1. The Kier molecular flexibility index (Phi) is 1.87. The van der Waals surface area contributed by atoms with Crippen LogP contribution in [0, 0.1) is 0 Å². The molecule has 0 radical (unpaired) electrons. The van der Waals surface area contributed by atoms with Gasteiger partial charge >= 0.3 is 5.97 Å². The van der Waals surface area contributed by atoms with Crippen LogP contribution < -0.4 is 0 Å². The summed E-state index contributed by atoms with van der Waals surface area (Å²) in [4.78, 5) is 10.3. The summed E-state index contributed by atoms with van der Waals surface area (Å²) in [6.07, 6.45) is 4.20. The molecule has 3 heteroatoms. The molecule has 0 aliphatic heterocycles. The minimum absolute atomic E-state index is 0.214. The molecule has 0 aromatic rings. The lowest BCUT2D eigenvalue weighted by atomic mass is 10.0. The third kappa shape index (κ3) is 1.45. The fraction of sp³-hybridized carbons (Fsp3) is 0.286. The first-order valence-electron chi connectivity index (χ1n) is 2.99. The maximum atomic E-state index is 10.3. The predicted molar refractivity (Wildman–Crippen MR) is 35.5 cm³/mol. The van der Waals surface area contributed by atoms with Gasteiger partial charge in [-0.2, -0.15) is 0 Å². The molecule has 0 spiro atoms. The van der Waals surface area contributed by atoms with Gasteiger partial charge in [0.25, 0.3) is 0 Å². The van der Waals surface area contributed by atoms with Gasteiger partial charge in [0.1, 0.15) is 0 Å². The zero-order valence-electron chi connectivity index (χ0n) is 5.32. The third-order valence-corrected chi connectivity index (χ3v) is 1.33. The molecule has 0 bridgehead atoms. The van der Waals surface area contributed by atoms with Crippen LogP contribution in [-0.4, -0.2) is 22.3 Å². The summed E-state index contributed by atoms with van der Waals surface area (Å²) >= 11 is 0. The molecule has 10 heavy (non-hydrogen) atoms. The molecule has 0 aromatic carbocycles. The Balaban J connectivity index is 2.71. The van der Waals surface area contributed by atoms with Gasteiger partial charge in [-0.25, -0.2) is 4.79 Å². The molecule has 0 saturated heterocycles. The fourth-order valence-corrected chi connectivity index (χ4v) is 0.820. The highest BCUT2D eigenvalue weighted by Crippen LogP contribution is 2.11. The number of hydrogen-bond donors (Lipinski definition) is 2. The average Bonchev–Trinajstić information content (AvgIpc) is 1.88. The Labute approximate surface area is 58.3 Å². The van der Waals surface area contributed by atoms with Crippen LogP contribution in [-0.2, 0) is 4.79 Å². The molecule has 0 saturated carbocycles. The summed E-state index contributed by atoms with van der Waals surface area (Å²) < 4.78 is 0. The summed E-state index contributed by atoms with van der Waals surface area (Å²) in [5, 5.41) is 17.4. The van der Waals surface area contributed by atoms with Gasteiger partial charge in [-0.15, -0.1) is 0 Å². The second-order valence-corrected chi connectivity index (χ2v) is 2.15. The van der Waals surface area contributed by atoms with Crippen molar-refractivity contribution in [3.05, 3.63) is 23.8 Å². The molecule has 0 heterocycles. The highest BCUT2D eigenvalue weighted by molar-refractivity contribution is 5.87. The van der Waals surface area contributed by atoms with E-state index in [1.807, 2.05) is 0 Å². The van der Waals surface area contributed by atoms with Gasteiger partial charge in [-0.05, 0) is 0 Å². The molecule has 1 rings (SSSR count). The second kappa shape index (κ2) is 2.66. The lowest BCUT2D eigenvalue weighted by molar-refractivity contribution is -0.133. The van der Waals surface area contributed by atoms with Crippen molar-refractivity contribution in [2.75, 3.05) is 0 Å². The summed E-state index contributed by atoms with van der Waals surface area (Å²) in [6.45, 7) is 0. The highest BCUT2D eigenvalue weighted by Gasteiger charge is 2.12. The zero-order chi connectivity index (χ0) is 7.56. The van der Waals surface area contributed by atoms with Gasteiger partial charge in [0.2, 0.25) is 0 Å². The van der Waals surface area contributed by atoms with Crippen molar-refractivity contribution in [1.29, 1.82) is 0 Å². The number of carbonyl (C=O) groups is 1. The van der Waals surface area contributed by atoms with E-state index in [0.717, 1.165) is 0 Å². The van der Waals surface area contributed by atoms with E-state index in [-0.39, 0.29) is 12.0 Å². The predicted octanol–water partition coefficient (Wildman–Crippen LogP) is 0.318. The van der Waals surface area contributed by atoms with Crippen LogP contribution in [0.4, 0.5) is 0 Å². The van der Waals surface area contributed by atoms with Gasteiger partial charge in [0, 0.05) is 12.0 Å². The van der Waals surface area contributed by atoms with Gasteiger partial charge in [-0.3, -0.25) is 0 Å². The Hall–Kier alpha value is -1.09. The van der Waals surface area contributed by atoms with E-state index in [0.29, 0.717) is 0 Å². The molecule has 1 atom stereocenters. The highest BCUT2D eigenvalue weighted by atomic mass is 16.4. The summed E-state index contributed by atoms with van der Waals surface area (Å²) in [5.74, 6) is -0.955. The first-order valence-corrected chi connectivity index (χ1v) is 2.99. The molecule has 1 aliphatic rings. The fourth-order valence-electron chi connectivity index (χ4n) is 0.820. The van der Waals surface area contributed by atoms with Crippen molar-refractivity contribution in [2.24, 2.45) is 0 Å². The third-order valence-electron chi connectivity index (χ3n) is 1.33. The number of allylic oxidation sites excluding steroid dienone is 2. The van der Waals surface area contributed by atoms with Gasteiger partial charge in [-0.1, -0.05) is 18.2 Å². The number of aliphatic hydroxyl groups excluding tert-OH is 1. The van der Waals surface area contributed by atoms with E-state index in [1.165, 1.54) is 6.08 Å². The summed E-state index contributed by atoms with van der Waals surface area (Å²) in [7, 11) is 0.